The van der Waals surface area contributed by atoms with Gasteiger partial charge in [-0.25, -0.2) is 13.1 Å². The van der Waals surface area contributed by atoms with Crippen LogP contribution in [0.15, 0.2) is 12.2 Å². The molecule has 1 aliphatic rings. The fourth-order valence-electron chi connectivity index (χ4n) is 1.63. The number of hydrogen-bond acceptors (Lipinski definition) is 2. The summed E-state index contributed by atoms with van der Waals surface area (Å²) < 4.78 is 25.4. The smallest absolute Gasteiger partial charge is 0.211 e. The summed E-state index contributed by atoms with van der Waals surface area (Å²) in [5.41, 5.74) is 0. The molecule has 0 saturated heterocycles. The van der Waals surface area contributed by atoms with E-state index in [-0.39, 0.29) is 5.75 Å². The lowest BCUT2D eigenvalue weighted by Gasteiger charge is -2.17. The molecular formula is C10H19NO2S. The minimum atomic E-state index is -3.01. The Kier molecular flexibility index (Phi) is 4.62. The van der Waals surface area contributed by atoms with Crippen LogP contribution in [0.3, 0.4) is 0 Å². The molecule has 14 heavy (non-hydrogen) atoms. The summed E-state index contributed by atoms with van der Waals surface area (Å²) in [4.78, 5) is 0. The summed E-state index contributed by atoms with van der Waals surface area (Å²) in [6.07, 6.45) is 8.18. The van der Waals surface area contributed by atoms with Crippen molar-refractivity contribution in [3.63, 3.8) is 0 Å². The van der Waals surface area contributed by atoms with Crippen LogP contribution < -0.4 is 4.72 Å². The van der Waals surface area contributed by atoms with Crippen molar-refractivity contribution < 1.29 is 8.42 Å². The van der Waals surface area contributed by atoms with Gasteiger partial charge in [-0.3, -0.25) is 0 Å². The molecule has 0 amide bonds. The zero-order chi connectivity index (χ0) is 10.4. The van der Waals surface area contributed by atoms with E-state index in [1.807, 2.05) is 6.92 Å². The fourth-order valence-corrected chi connectivity index (χ4v) is 2.80. The Hall–Kier alpha value is -0.350. The molecule has 1 rings (SSSR count). The van der Waals surface area contributed by atoms with E-state index in [0.29, 0.717) is 18.9 Å². The third kappa shape index (κ3) is 4.24. The van der Waals surface area contributed by atoms with Crippen LogP contribution in [-0.4, -0.2) is 20.7 Å². The van der Waals surface area contributed by atoms with E-state index in [0.717, 1.165) is 19.3 Å². The number of hydrogen-bond donors (Lipinski definition) is 1. The largest absolute Gasteiger partial charge is 0.215 e. The molecule has 0 spiro atoms. The van der Waals surface area contributed by atoms with Gasteiger partial charge in [0.15, 0.2) is 0 Å². The number of sulfonamides is 1. The van der Waals surface area contributed by atoms with Crippen molar-refractivity contribution in [3.05, 3.63) is 12.2 Å². The predicted octanol–water partition coefficient (Wildman–Crippen LogP) is 1.67. The Bertz CT molecular complexity index is 282. The highest BCUT2D eigenvalue weighted by Crippen LogP contribution is 2.17. The van der Waals surface area contributed by atoms with Crippen LogP contribution in [0, 0.1) is 5.92 Å². The van der Waals surface area contributed by atoms with Crippen LogP contribution in [0.25, 0.3) is 0 Å². The van der Waals surface area contributed by atoms with Gasteiger partial charge in [0.25, 0.3) is 0 Å². The number of allylic oxidation sites excluding steroid dienone is 2. The van der Waals surface area contributed by atoms with Crippen LogP contribution in [0.2, 0.25) is 0 Å². The van der Waals surface area contributed by atoms with Gasteiger partial charge in [0.2, 0.25) is 10.0 Å². The summed E-state index contributed by atoms with van der Waals surface area (Å²) in [7, 11) is -3.01. The molecule has 0 fully saturated rings. The fraction of sp³-hybridized carbons (Fsp3) is 0.800. The van der Waals surface area contributed by atoms with E-state index >= 15 is 0 Å². The second-order valence-electron chi connectivity index (χ2n) is 3.82. The SMILES string of the molecule is CCCS(=O)(=O)NCC1CC=CCC1. The van der Waals surface area contributed by atoms with Crippen molar-refractivity contribution in [2.24, 2.45) is 5.92 Å². The van der Waals surface area contributed by atoms with Crippen molar-refractivity contribution in [2.75, 3.05) is 12.3 Å². The Morgan fingerprint density at radius 3 is 2.79 bits per heavy atom. The molecule has 1 unspecified atom stereocenters. The highest BCUT2D eigenvalue weighted by Gasteiger charge is 2.14. The standard InChI is InChI=1S/C10H19NO2S/c1-2-8-14(12,13)11-9-10-6-4-3-5-7-10/h3-4,10-11H,2,5-9H2,1H3. The molecule has 4 heteroatoms. The minimum absolute atomic E-state index is 0.246. The van der Waals surface area contributed by atoms with Gasteiger partial charge in [-0.1, -0.05) is 19.1 Å². The summed E-state index contributed by atoms with van der Waals surface area (Å²) in [6, 6.07) is 0. The summed E-state index contributed by atoms with van der Waals surface area (Å²) in [5.74, 6) is 0.738. The first-order valence-electron chi connectivity index (χ1n) is 5.26. The van der Waals surface area contributed by atoms with E-state index in [9.17, 15) is 8.42 Å². The van der Waals surface area contributed by atoms with Crippen LogP contribution >= 0.6 is 0 Å². The van der Waals surface area contributed by atoms with E-state index in [4.69, 9.17) is 0 Å². The molecule has 0 heterocycles. The summed E-state index contributed by atoms with van der Waals surface area (Å²) >= 11 is 0. The molecule has 1 N–H and O–H groups in total. The van der Waals surface area contributed by atoms with Crippen molar-refractivity contribution >= 4 is 10.0 Å². The normalized spacial score (nSPS) is 22.5. The highest BCUT2D eigenvalue weighted by atomic mass is 32.2. The Morgan fingerprint density at radius 2 is 2.21 bits per heavy atom. The summed E-state index contributed by atoms with van der Waals surface area (Å²) in [6.45, 7) is 2.48. The van der Waals surface area contributed by atoms with Crippen molar-refractivity contribution in [2.45, 2.75) is 32.6 Å². The zero-order valence-electron chi connectivity index (χ0n) is 8.70. The molecule has 0 aromatic rings. The molecule has 0 bridgehead atoms. The third-order valence-corrected chi connectivity index (χ3v) is 3.99. The van der Waals surface area contributed by atoms with Crippen LogP contribution in [0.1, 0.15) is 32.6 Å². The lowest BCUT2D eigenvalue weighted by Crippen LogP contribution is -2.31. The Morgan fingerprint density at radius 1 is 1.43 bits per heavy atom. The molecule has 1 atom stereocenters. The van der Waals surface area contributed by atoms with E-state index in [1.54, 1.807) is 0 Å². The maximum atomic E-state index is 11.3. The Balaban J connectivity index is 2.29. The molecule has 82 valence electrons. The quantitative estimate of drug-likeness (QED) is 0.712. The second-order valence-corrected chi connectivity index (χ2v) is 5.74. The van der Waals surface area contributed by atoms with Gasteiger partial charge in [0.1, 0.15) is 0 Å². The van der Waals surface area contributed by atoms with Crippen LogP contribution in [0.4, 0.5) is 0 Å². The average Bonchev–Trinajstić information content (AvgIpc) is 2.17. The summed E-state index contributed by atoms with van der Waals surface area (Å²) in [5, 5.41) is 0. The predicted molar refractivity (Wildman–Crippen MR) is 58.6 cm³/mol. The first-order chi connectivity index (χ1) is 6.64. The number of rotatable bonds is 5. The van der Waals surface area contributed by atoms with E-state index in [2.05, 4.69) is 16.9 Å². The lowest BCUT2D eigenvalue weighted by atomic mass is 9.95. The van der Waals surface area contributed by atoms with Crippen molar-refractivity contribution in [1.29, 1.82) is 0 Å². The second kappa shape index (κ2) is 5.51. The van der Waals surface area contributed by atoms with Crippen molar-refractivity contribution in [1.82, 2.24) is 4.72 Å². The monoisotopic (exact) mass is 217 g/mol. The molecule has 3 nitrogen and oxygen atoms in total. The highest BCUT2D eigenvalue weighted by molar-refractivity contribution is 7.89. The minimum Gasteiger partial charge on any atom is -0.215 e. The molecule has 0 saturated carbocycles. The molecule has 0 aliphatic heterocycles. The first kappa shape index (κ1) is 11.7. The van der Waals surface area contributed by atoms with Gasteiger partial charge in [-0.2, -0.15) is 0 Å². The first-order valence-corrected chi connectivity index (χ1v) is 6.91. The van der Waals surface area contributed by atoms with Gasteiger partial charge in [0.05, 0.1) is 5.75 Å². The van der Waals surface area contributed by atoms with Gasteiger partial charge in [-0.15, -0.1) is 0 Å². The van der Waals surface area contributed by atoms with Crippen LogP contribution in [-0.2, 0) is 10.0 Å². The Labute approximate surface area is 86.6 Å². The molecule has 0 aromatic heterocycles. The van der Waals surface area contributed by atoms with Gasteiger partial charge < -0.3 is 0 Å². The average molecular weight is 217 g/mol. The molecule has 0 aromatic carbocycles. The molecule has 0 radical (unpaired) electrons. The van der Waals surface area contributed by atoms with Gasteiger partial charge in [-0.05, 0) is 31.6 Å². The van der Waals surface area contributed by atoms with E-state index < -0.39 is 10.0 Å². The van der Waals surface area contributed by atoms with Gasteiger partial charge in [0, 0.05) is 6.54 Å². The van der Waals surface area contributed by atoms with Gasteiger partial charge >= 0.3 is 0 Å². The maximum Gasteiger partial charge on any atom is 0.211 e. The molecular weight excluding hydrogens is 198 g/mol. The maximum absolute atomic E-state index is 11.3. The molecule has 1 aliphatic carbocycles. The van der Waals surface area contributed by atoms with Crippen molar-refractivity contribution in [3.8, 4) is 0 Å². The number of nitrogens with one attached hydrogen (secondary N) is 1. The zero-order valence-corrected chi connectivity index (χ0v) is 9.52. The van der Waals surface area contributed by atoms with Crippen LogP contribution in [0.5, 0.6) is 0 Å². The van der Waals surface area contributed by atoms with E-state index in [1.165, 1.54) is 0 Å². The third-order valence-electron chi connectivity index (χ3n) is 2.44. The topological polar surface area (TPSA) is 46.2 Å². The lowest BCUT2D eigenvalue weighted by molar-refractivity contribution is 0.468.